The molecule has 0 unspecified atom stereocenters. The highest BCUT2D eigenvalue weighted by molar-refractivity contribution is 5.47. The minimum Gasteiger partial charge on any atom is -0.322 e. The van der Waals surface area contributed by atoms with E-state index >= 15 is 0 Å². The second-order valence-corrected chi connectivity index (χ2v) is 6.43. The van der Waals surface area contributed by atoms with Gasteiger partial charge in [0.25, 0.3) is 5.79 Å². The largest absolute Gasteiger partial charge is 0.322 e. The summed E-state index contributed by atoms with van der Waals surface area (Å²) in [6.07, 6.45) is -0.519. The van der Waals surface area contributed by atoms with Crippen LogP contribution in [-0.2, 0) is 25.0 Å². The van der Waals surface area contributed by atoms with E-state index in [9.17, 15) is 0 Å². The Balaban J connectivity index is 1.75. The lowest BCUT2D eigenvalue weighted by Crippen LogP contribution is -2.44. The first-order valence-corrected chi connectivity index (χ1v) is 8.68. The van der Waals surface area contributed by atoms with Gasteiger partial charge in [0.2, 0.25) is 0 Å². The van der Waals surface area contributed by atoms with E-state index in [-0.39, 0.29) is 12.7 Å². The van der Waals surface area contributed by atoms with Crippen molar-refractivity contribution in [3.63, 3.8) is 0 Å². The molecule has 0 saturated carbocycles. The van der Waals surface area contributed by atoms with Crippen LogP contribution in [0.4, 0.5) is 0 Å². The molecule has 2 bridgehead atoms. The molecule has 5 rings (SSSR count). The Labute approximate surface area is 151 Å². The van der Waals surface area contributed by atoms with Crippen molar-refractivity contribution in [1.82, 2.24) is 0 Å². The van der Waals surface area contributed by atoms with E-state index in [1.807, 2.05) is 66.7 Å². The van der Waals surface area contributed by atoms with Crippen LogP contribution in [0.3, 0.4) is 0 Å². The van der Waals surface area contributed by atoms with Crippen LogP contribution in [0.25, 0.3) is 0 Å². The molecule has 0 spiro atoms. The number of rotatable bonds is 2. The van der Waals surface area contributed by atoms with Crippen molar-refractivity contribution in [3.05, 3.63) is 107 Å². The van der Waals surface area contributed by atoms with Crippen LogP contribution in [0.5, 0.6) is 0 Å². The Morgan fingerprint density at radius 3 is 2.27 bits per heavy atom. The average Bonchev–Trinajstić information content (AvgIpc) is 2.91. The molecular weight excluding hydrogens is 328 g/mol. The lowest BCUT2D eigenvalue weighted by atomic mass is 9.80. The van der Waals surface area contributed by atoms with E-state index in [0.29, 0.717) is 0 Å². The van der Waals surface area contributed by atoms with Gasteiger partial charge in [-0.3, -0.25) is 0 Å². The Hall–Kier alpha value is -2.50. The third-order valence-corrected chi connectivity index (χ3v) is 4.97. The molecule has 2 aliphatic rings. The normalized spacial score (nSPS) is 27.4. The van der Waals surface area contributed by atoms with Crippen molar-refractivity contribution in [2.75, 3.05) is 6.79 Å². The zero-order valence-electron chi connectivity index (χ0n) is 14.1. The van der Waals surface area contributed by atoms with Gasteiger partial charge in [0.05, 0.1) is 5.92 Å². The Bertz CT molecular complexity index is 896. The van der Waals surface area contributed by atoms with Crippen molar-refractivity contribution in [2.24, 2.45) is 0 Å². The summed E-state index contributed by atoms with van der Waals surface area (Å²) in [5.74, 6) is -1.21. The lowest BCUT2D eigenvalue weighted by Gasteiger charge is -2.42. The molecule has 1 saturated heterocycles. The van der Waals surface area contributed by atoms with E-state index in [0.717, 1.165) is 22.3 Å². The van der Waals surface area contributed by atoms with Gasteiger partial charge in [-0.05, 0) is 11.1 Å². The van der Waals surface area contributed by atoms with Gasteiger partial charge in [-0.25, -0.2) is 4.89 Å². The van der Waals surface area contributed by atoms with E-state index < -0.39 is 12.1 Å². The minimum atomic E-state index is -1.15. The number of ether oxygens (including phenoxy) is 2. The van der Waals surface area contributed by atoms with Gasteiger partial charge in [0.15, 0.2) is 13.1 Å². The number of hydrogen-bond acceptors (Lipinski definition) is 4. The topological polar surface area (TPSA) is 36.9 Å². The summed E-state index contributed by atoms with van der Waals surface area (Å²) in [5.41, 5.74) is 4.05. The predicted molar refractivity (Wildman–Crippen MR) is 94.9 cm³/mol. The van der Waals surface area contributed by atoms with E-state index in [2.05, 4.69) is 18.2 Å². The van der Waals surface area contributed by atoms with Crippen LogP contribution in [0.1, 0.15) is 28.2 Å². The van der Waals surface area contributed by atoms with Crippen molar-refractivity contribution in [2.45, 2.75) is 18.0 Å². The summed E-state index contributed by atoms with van der Waals surface area (Å²) in [6.45, 7) is 0.0105. The molecule has 0 radical (unpaired) electrons. The number of benzene rings is 3. The second-order valence-electron chi connectivity index (χ2n) is 6.43. The molecular formula is C22H18O4. The van der Waals surface area contributed by atoms with E-state index in [1.165, 1.54) is 0 Å². The summed E-state index contributed by atoms with van der Waals surface area (Å²) >= 11 is 0. The summed E-state index contributed by atoms with van der Waals surface area (Å²) < 4.78 is 12.3. The Morgan fingerprint density at radius 1 is 0.769 bits per heavy atom. The smallest absolute Gasteiger partial charge is 0.256 e. The average molecular weight is 346 g/mol. The van der Waals surface area contributed by atoms with Gasteiger partial charge in [-0.1, -0.05) is 84.9 Å². The van der Waals surface area contributed by atoms with Gasteiger partial charge in [-0.2, -0.15) is 4.89 Å². The molecule has 3 atom stereocenters. The van der Waals surface area contributed by atoms with Crippen molar-refractivity contribution >= 4 is 0 Å². The summed E-state index contributed by atoms with van der Waals surface area (Å²) in [7, 11) is 0. The first-order chi connectivity index (χ1) is 12.9. The van der Waals surface area contributed by atoms with Crippen molar-refractivity contribution in [1.29, 1.82) is 0 Å². The molecule has 4 nitrogen and oxygen atoms in total. The molecule has 1 fully saturated rings. The van der Waals surface area contributed by atoms with Gasteiger partial charge in [-0.15, -0.1) is 0 Å². The van der Waals surface area contributed by atoms with Crippen LogP contribution in [-0.4, -0.2) is 13.1 Å². The molecule has 4 heteroatoms. The van der Waals surface area contributed by atoms with Gasteiger partial charge in [0.1, 0.15) is 0 Å². The molecule has 2 heterocycles. The maximum Gasteiger partial charge on any atom is 0.256 e. The standard InChI is InChI=1S/C22H18O4/c1-3-9-16(10-4-1)20-18-13-7-8-14-19(18)22(17-11-5-2-6-12-17)25-21(20)23-15-24-26-22/h1-14,20-21H,15H2/t20-,21+,22+/m1/s1. The number of hydrogen-bond donors (Lipinski definition) is 0. The Morgan fingerprint density at radius 2 is 1.46 bits per heavy atom. The highest BCUT2D eigenvalue weighted by Crippen LogP contribution is 2.49. The molecule has 3 aromatic carbocycles. The fourth-order valence-corrected chi connectivity index (χ4v) is 3.83. The van der Waals surface area contributed by atoms with E-state index in [1.54, 1.807) is 0 Å². The molecule has 0 N–H and O–H groups in total. The minimum absolute atomic E-state index is 0.0105. The first-order valence-electron chi connectivity index (χ1n) is 8.68. The van der Waals surface area contributed by atoms with Crippen molar-refractivity contribution < 1.29 is 19.2 Å². The van der Waals surface area contributed by atoms with Crippen molar-refractivity contribution in [3.8, 4) is 0 Å². The van der Waals surface area contributed by atoms with Gasteiger partial charge < -0.3 is 9.47 Å². The molecule has 26 heavy (non-hydrogen) atoms. The third-order valence-electron chi connectivity index (χ3n) is 4.97. The highest BCUT2D eigenvalue weighted by Gasteiger charge is 2.51. The van der Waals surface area contributed by atoms with Gasteiger partial charge in [0, 0.05) is 11.1 Å². The Kier molecular flexibility index (Phi) is 3.84. The van der Waals surface area contributed by atoms with Crippen LogP contribution in [0, 0.1) is 0 Å². The zero-order valence-corrected chi connectivity index (χ0v) is 14.1. The van der Waals surface area contributed by atoms with Crippen LogP contribution < -0.4 is 0 Å². The third kappa shape index (κ3) is 2.39. The van der Waals surface area contributed by atoms with E-state index in [4.69, 9.17) is 19.2 Å². The summed E-state index contributed by atoms with van der Waals surface area (Å²) in [5, 5.41) is 0. The zero-order chi connectivity index (χ0) is 17.4. The highest BCUT2D eigenvalue weighted by atomic mass is 17.3. The predicted octanol–water partition coefficient (Wildman–Crippen LogP) is 4.31. The quantitative estimate of drug-likeness (QED) is 0.648. The monoisotopic (exact) mass is 346 g/mol. The molecule has 0 aliphatic carbocycles. The van der Waals surface area contributed by atoms with Crippen LogP contribution >= 0.6 is 0 Å². The maximum atomic E-state index is 6.45. The molecule has 3 aromatic rings. The maximum absolute atomic E-state index is 6.45. The number of fused-ring (bicyclic) bond motifs is 4. The molecule has 2 aliphatic heterocycles. The fraction of sp³-hybridized carbons (Fsp3) is 0.182. The van der Waals surface area contributed by atoms with Gasteiger partial charge >= 0.3 is 0 Å². The summed E-state index contributed by atoms with van der Waals surface area (Å²) in [4.78, 5) is 11.2. The fourth-order valence-electron chi connectivity index (χ4n) is 3.83. The molecule has 0 amide bonds. The van der Waals surface area contributed by atoms with Crippen LogP contribution in [0.15, 0.2) is 84.9 Å². The molecule has 130 valence electrons. The molecule has 0 aromatic heterocycles. The second kappa shape index (κ2) is 6.34. The summed E-state index contributed by atoms with van der Waals surface area (Å²) in [6, 6.07) is 28.3. The lowest BCUT2D eigenvalue weighted by molar-refractivity contribution is -0.415. The van der Waals surface area contributed by atoms with Crippen LogP contribution in [0.2, 0.25) is 0 Å². The first kappa shape index (κ1) is 15.7. The SMILES string of the molecule is c1ccc([C@@H]2c3ccccc3[C@]3(c4ccccc4)OOCO[C@H]2O3)cc1.